The number of aliphatic hydroxyl groups excluding tert-OH is 3. The van der Waals surface area contributed by atoms with Gasteiger partial charge in [-0.15, -0.1) is 0 Å². The molecule has 1 amide bonds. The third kappa shape index (κ3) is 2.71. The summed E-state index contributed by atoms with van der Waals surface area (Å²) < 4.78 is 10.5. The Morgan fingerprint density at radius 3 is 2.84 bits per heavy atom. The number of ether oxygens (including phenoxy) is 2. The Morgan fingerprint density at radius 1 is 1.58 bits per heavy atom. The quantitative estimate of drug-likeness (QED) is 0.413. The van der Waals surface area contributed by atoms with Crippen molar-refractivity contribution >= 4 is 11.9 Å². The standard InChI is InChI=1S/C11H17NO7/c1-4(14)12-8-5(15)2-7-11(17)19-9(6(16)3-13)10(8)18-7/h5-10,13,15-16H,2-3H2,1H3,(H,12,14)/t5-,6+,7?,8+,9+,10+/m0/s1. The number of aliphatic hydroxyl groups is 3. The van der Waals surface area contributed by atoms with E-state index in [0.717, 1.165) is 0 Å². The zero-order valence-electron chi connectivity index (χ0n) is 10.4. The van der Waals surface area contributed by atoms with Crippen molar-refractivity contribution in [2.75, 3.05) is 6.61 Å². The van der Waals surface area contributed by atoms with E-state index in [1.807, 2.05) is 0 Å². The summed E-state index contributed by atoms with van der Waals surface area (Å²) in [6.45, 7) is 0.663. The molecule has 0 aromatic heterocycles. The van der Waals surface area contributed by atoms with Crippen LogP contribution in [-0.4, -0.2) is 70.4 Å². The van der Waals surface area contributed by atoms with Crippen LogP contribution in [0.4, 0.5) is 0 Å². The molecule has 2 aliphatic rings. The molecule has 2 bridgehead atoms. The lowest BCUT2D eigenvalue weighted by Gasteiger charge is -2.46. The molecule has 0 aromatic rings. The lowest BCUT2D eigenvalue weighted by atomic mass is 9.88. The fraction of sp³-hybridized carbons (Fsp3) is 0.818. The van der Waals surface area contributed by atoms with E-state index in [0.29, 0.717) is 0 Å². The number of hydrogen-bond acceptors (Lipinski definition) is 7. The molecule has 0 spiro atoms. The van der Waals surface area contributed by atoms with Gasteiger partial charge in [-0.05, 0) is 0 Å². The molecule has 19 heavy (non-hydrogen) atoms. The summed E-state index contributed by atoms with van der Waals surface area (Å²) in [4.78, 5) is 22.7. The number of carbonyl (C=O) groups excluding carboxylic acids is 2. The van der Waals surface area contributed by atoms with Gasteiger partial charge in [0.1, 0.15) is 12.2 Å². The summed E-state index contributed by atoms with van der Waals surface area (Å²) in [5.74, 6) is -1.06. The average molecular weight is 275 g/mol. The van der Waals surface area contributed by atoms with Gasteiger partial charge >= 0.3 is 5.97 Å². The van der Waals surface area contributed by atoms with Gasteiger partial charge in [-0.25, -0.2) is 4.79 Å². The molecule has 1 unspecified atom stereocenters. The third-order valence-corrected chi connectivity index (χ3v) is 3.32. The largest absolute Gasteiger partial charge is 0.455 e. The summed E-state index contributed by atoms with van der Waals surface area (Å²) in [6, 6.07) is -0.798. The molecule has 2 aliphatic heterocycles. The van der Waals surface area contributed by atoms with Crippen molar-refractivity contribution < 1.29 is 34.4 Å². The van der Waals surface area contributed by atoms with Gasteiger partial charge in [0.25, 0.3) is 0 Å². The Bertz CT molecular complexity index is 372. The molecular weight excluding hydrogens is 258 g/mol. The van der Waals surface area contributed by atoms with Gasteiger partial charge in [0.15, 0.2) is 12.2 Å². The highest BCUT2D eigenvalue weighted by Crippen LogP contribution is 2.30. The van der Waals surface area contributed by atoms with Gasteiger partial charge in [-0.2, -0.15) is 0 Å². The van der Waals surface area contributed by atoms with Crippen molar-refractivity contribution in [2.24, 2.45) is 0 Å². The van der Waals surface area contributed by atoms with Crippen LogP contribution in [0.3, 0.4) is 0 Å². The maximum Gasteiger partial charge on any atom is 0.335 e. The van der Waals surface area contributed by atoms with Crippen LogP contribution in [0.15, 0.2) is 0 Å². The van der Waals surface area contributed by atoms with Crippen molar-refractivity contribution in [1.29, 1.82) is 0 Å². The molecule has 108 valence electrons. The van der Waals surface area contributed by atoms with Crippen molar-refractivity contribution in [3.05, 3.63) is 0 Å². The lowest BCUT2D eigenvalue weighted by Crippen LogP contribution is -2.67. The molecule has 6 atom stereocenters. The molecule has 2 saturated heterocycles. The van der Waals surface area contributed by atoms with Crippen LogP contribution in [0.25, 0.3) is 0 Å². The van der Waals surface area contributed by atoms with E-state index in [9.17, 15) is 19.8 Å². The van der Waals surface area contributed by atoms with E-state index in [1.165, 1.54) is 6.92 Å². The number of rotatable bonds is 3. The van der Waals surface area contributed by atoms with Gasteiger partial charge in [-0.3, -0.25) is 4.79 Å². The first-order valence-corrected chi connectivity index (χ1v) is 6.04. The third-order valence-electron chi connectivity index (χ3n) is 3.32. The Balaban J connectivity index is 2.22. The van der Waals surface area contributed by atoms with Crippen LogP contribution in [0.5, 0.6) is 0 Å². The van der Waals surface area contributed by atoms with Crippen LogP contribution in [0.1, 0.15) is 13.3 Å². The van der Waals surface area contributed by atoms with Crippen LogP contribution >= 0.6 is 0 Å². The molecular formula is C11H17NO7. The fourth-order valence-corrected chi connectivity index (χ4v) is 2.44. The summed E-state index contributed by atoms with van der Waals surface area (Å²) in [5, 5.41) is 31.1. The van der Waals surface area contributed by atoms with Gasteiger partial charge in [0, 0.05) is 13.3 Å². The fourth-order valence-electron chi connectivity index (χ4n) is 2.44. The molecule has 0 saturated carbocycles. The topological polar surface area (TPSA) is 125 Å². The second-order valence-electron chi connectivity index (χ2n) is 4.77. The van der Waals surface area contributed by atoms with Gasteiger partial charge in [-0.1, -0.05) is 0 Å². The molecule has 0 aromatic carbocycles. The normalized spacial score (nSPS) is 39.4. The smallest absolute Gasteiger partial charge is 0.335 e. The number of nitrogens with one attached hydrogen (secondary N) is 1. The summed E-state index contributed by atoms with van der Waals surface area (Å²) in [5.41, 5.74) is 0. The van der Waals surface area contributed by atoms with Crippen molar-refractivity contribution in [3.8, 4) is 0 Å². The molecule has 2 fully saturated rings. The highest BCUT2D eigenvalue weighted by molar-refractivity contribution is 5.77. The van der Waals surface area contributed by atoms with E-state index in [4.69, 9.17) is 14.6 Å². The second kappa shape index (κ2) is 5.41. The molecule has 0 radical (unpaired) electrons. The number of amides is 1. The number of carbonyl (C=O) groups is 2. The number of fused-ring (bicyclic) bond motifs is 2. The van der Waals surface area contributed by atoms with Crippen molar-refractivity contribution in [1.82, 2.24) is 5.32 Å². The Labute approximate surface area is 109 Å². The first-order chi connectivity index (χ1) is 8.93. The minimum Gasteiger partial charge on any atom is -0.455 e. The van der Waals surface area contributed by atoms with E-state index < -0.39 is 49.1 Å². The van der Waals surface area contributed by atoms with E-state index in [-0.39, 0.29) is 12.3 Å². The zero-order chi connectivity index (χ0) is 14.2. The SMILES string of the molecule is CC(=O)N[C@H]1[C@H]2OC(C[C@@H]1O)C(=O)O[C@@H]2[C@H](O)CO. The maximum absolute atomic E-state index is 11.6. The molecule has 8 nitrogen and oxygen atoms in total. The highest BCUT2D eigenvalue weighted by Gasteiger charge is 2.52. The Morgan fingerprint density at radius 2 is 2.26 bits per heavy atom. The molecule has 2 heterocycles. The Hall–Kier alpha value is -1.22. The number of cyclic esters (lactones) is 1. The predicted octanol–water partition coefficient (Wildman–Crippen LogP) is -2.71. The maximum atomic E-state index is 11.6. The van der Waals surface area contributed by atoms with E-state index in [2.05, 4.69) is 5.32 Å². The molecule has 0 aliphatic carbocycles. The van der Waals surface area contributed by atoms with E-state index >= 15 is 0 Å². The van der Waals surface area contributed by atoms with Gasteiger partial charge in [0.05, 0.1) is 18.8 Å². The van der Waals surface area contributed by atoms with Crippen LogP contribution < -0.4 is 5.32 Å². The van der Waals surface area contributed by atoms with Crippen LogP contribution in [0, 0.1) is 0 Å². The summed E-state index contributed by atoms with van der Waals surface area (Å²) >= 11 is 0. The van der Waals surface area contributed by atoms with Crippen molar-refractivity contribution in [2.45, 2.75) is 49.9 Å². The van der Waals surface area contributed by atoms with Crippen LogP contribution in [0.2, 0.25) is 0 Å². The average Bonchev–Trinajstić information content (AvgIpc) is 2.36. The second-order valence-corrected chi connectivity index (χ2v) is 4.77. The highest BCUT2D eigenvalue weighted by atomic mass is 16.6. The predicted molar refractivity (Wildman–Crippen MR) is 59.9 cm³/mol. The molecule has 8 heteroatoms. The number of esters is 1. The van der Waals surface area contributed by atoms with Gasteiger partial charge in [0.2, 0.25) is 5.91 Å². The zero-order valence-corrected chi connectivity index (χ0v) is 10.4. The monoisotopic (exact) mass is 275 g/mol. The Kier molecular flexibility index (Phi) is 4.04. The summed E-state index contributed by atoms with van der Waals surface area (Å²) in [7, 11) is 0. The van der Waals surface area contributed by atoms with Crippen LogP contribution in [-0.2, 0) is 19.1 Å². The molecule has 4 N–H and O–H groups in total. The van der Waals surface area contributed by atoms with Crippen molar-refractivity contribution in [3.63, 3.8) is 0 Å². The van der Waals surface area contributed by atoms with E-state index in [1.54, 1.807) is 0 Å². The minimum atomic E-state index is -1.34. The van der Waals surface area contributed by atoms with Gasteiger partial charge < -0.3 is 30.1 Å². The number of hydrogen-bond donors (Lipinski definition) is 4. The molecule has 2 rings (SSSR count). The first kappa shape index (κ1) is 14.2. The first-order valence-electron chi connectivity index (χ1n) is 6.04. The minimum absolute atomic E-state index is 0.0161. The summed E-state index contributed by atoms with van der Waals surface area (Å²) in [6.07, 6.45) is -5.22. The lowest BCUT2D eigenvalue weighted by molar-refractivity contribution is -0.242.